The minimum Gasteiger partial charge on any atom is -0.493 e. The van der Waals surface area contributed by atoms with Gasteiger partial charge in [-0.25, -0.2) is 4.79 Å². The van der Waals surface area contributed by atoms with E-state index in [0.717, 1.165) is 39.0 Å². The number of hydrogen-bond donors (Lipinski definition) is 1. The molecule has 6 nitrogen and oxygen atoms in total. The highest BCUT2D eigenvalue weighted by atomic mass is 16.5. The van der Waals surface area contributed by atoms with Gasteiger partial charge in [-0.2, -0.15) is 0 Å². The van der Waals surface area contributed by atoms with Gasteiger partial charge in [0, 0.05) is 29.1 Å². The molecule has 1 aliphatic heterocycles. The van der Waals surface area contributed by atoms with E-state index in [1.807, 2.05) is 40.7 Å². The number of likely N-dealkylation sites (tertiary alicyclic amines) is 1. The number of aryl methyl sites for hydroxylation is 3. The fourth-order valence-electron chi connectivity index (χ4n) is 3.87. The fourth-order valence-corrected chi connectivity index (χ4v) is 3.87. The Balaban J connectivity index is 2.07. The SMILES string of the molecule is CCOc1c(/C(C)=C/C(=O)N2CCCC2C(=O)O)cc2c(C)c(C)oc2c1C. The van der Waals surface area contributed by atoms with Crippen LogP contribution in [0.15, 0.2) is 16.6 Å². The van der Waals surface area contributed by atoms with Gasteiger partial charge >= 0.3 is 5.97 Å². The molecule has 1 atom stereocenters. The molecule has 1 amide bonds. The van der Waals surface area contributed by atoms with Gasteiger partial charge in [-0.3, -0.25) is 4.79 Å². The number of amides is 1. The molecule has 1 N–H and O–H groups in total. The summed E-state index contributed by atoms with van der Waals surface area (Å²) < 4.78 is 11.8. The number of aliphatic carboxylic acids is 1. The number of nitrogens with zero attached hydrogens (tertiary/aromatic N) is 1. The first kappa shape index (κ1) is 20.0. The lowest BCUT2D eigenvalue weighted by Crippen LogP contribution is -2.39. The monoisotopic (exact) mass is 385 g/mol. The molecule has 1 aromatic carbocycles. The Kier molecular flexibility index (Phi) is 5.49. The number of furan rings is 1. The molecule has 1 aliphatic rings. The number of carbonyl (C=O) groups excluding carboxylic acids is 1. The Hall–Kier alpha value is -2.76. The molecule has 0 aliphatic carbocycles. The van der Waals surface area contributed by atoms with E-state index in [2.05, 4.69) is 0 Å². The molecule has 2 heterocycles. The zero-order valence-corrected chi connectivity index (χ0v) is 17.1. The van der Waals surface area contributed by atoms with Gasteiger partial charge in [-0.1, -0.05) is 0 Å². The molecular formula is C22H27NO5. The molecule has 0 spiro atoms. The van der Waals surface area contributed by atoms with Crippen LogP contribution in [0.2, 0.25) is 0 Å². The van der Waals surface area contributed by atoms with Crippen molar-refractivity contribution in [3.8, 4) is 5.75 Å². The van der Waals surface area contributed by atoms with Gasteiger partial charge in [0.2, 0.25) is 5.91 Å². The van der Waals surface area contributed by atoms with Crippen LogP contribution < -0.4 is 4.74 Å². The van der Waals surface area contributed by atoms with E-state index in [1.165, 1.54) is 11.0 Å². The van der Waals surface area contributed by atoms with Gasteiger partial charge < -0.3 is 19.2 Å². The summed E-state index contributed by atoms with van der Waals surface area (Å²) in [4.78, 5) is 25.6. The standard InChI is InChI=1S/C22H27NO5/c1-6-27-20-14(4)21-17(13(3)15(5)28-21)11-16(20)12(2)10-19(24)23-9-7-8-18(23)22(25)26/h10-11,18H,6-9H2,1-5H3,(H,25,26)/b12-10+. The Bertz CT molecular complexity index is 969. The van der Waals surface area contributed by atoms with Crippen LogP contribution >= 0.6 is 0 Å². The van der Waals surface area contributed by atoms with Crippen molar-refractivity contribution < 1.29 is 23.8 Å². The van der Waals surface area contributed by atoms with Gasteiger partial charge in [0.05, 0.1) is 6.61 Å². The summed E-state index contributed by atoms with van der Waals surface area (Å²) in [5.41, 5.74) is 4.33. The molecule has 2 aromatic rings. The van der Waals surface area contributed by atoms with E-state index in [1.54, 1.807) is 0 Å². The molecule has 150 valence electrons. The topological polar surface area (TPSA) is 80.0 Å². The molecule has 1 fully saturated rings. The van der Waals surface area contributed by atoms with E-state index in [9.17, 15) is 14.7 Å². The Morgan fingerprint density at radius 2 is 2.04 bits per heavy atom. The number of carboxylic acid groups (broad SMARTS) is 1. The third-order valence-electron chi connectivity index (χ3n) is 5.52. The molecule has 1 aromatic heterocycles. The summed E-state index contributed by atoms with van der Waals surface area (Å²) in [6.45, 7) is 10.6. The van der Waals surface area contributed by atoms with Crippen LogP contribution in [0.25, 0.3) is 16.5 Å². The molecule has 0 bridgehead atoms. The van der Waals surface area contributed by atoms with Gasteiger partial charge in [0.15, 0.2) is 0 Å². The Morgan fingerprint density at radius 3 is 2.68 bits per heavy atom. The van der Waals surface area contributed by atoms with Crippen LogP contribution in [-0.2, 0) is 9.59 Å². The summed E-state index contributed by atoms with van der Waals surface area (Å²) in [6, 6.07) is 1.25. The van der Waals surface area contributed by atoms with Crippen LogP contribution in [0.4, 0.5) is 0 Å². The predicted molar refractivity (Wildman–Crippen MR) is 108 cm³/mol. The van der Waals surface area contributed by atoms with Gasteiger partial charge in [-0.15, -0.1) is 0 Å². The average Bonchev–Trinajstić information content (AvgIpc) is 3.24. The summed E-state index contributed by atoms with van der Waals surface area (Å²) in [6.07, 6.45) is 2.72. The summed E-state index contributed by atoms with van der Waals surface area (Å²) in [5, 5.41) is 10.3. The van der Waals surface area contributed by atoms with Crippen LogP contribution in [0, 0.1) is 20.8 Å². The summed E-state index contributed by atoms with van der Waals surface area (Å²) in [5.74, 6) is 0.328. The highest BCUT2D eigenvalue weighted by molar-refractivity contribution is 5.99. The average molecular weight is 385 g/mol. The number of carbonyl (C=O) groups is 2. The van der Waals surface area contributed by atoms with E-state index in [-0.39, 0.29) is 5.91 Å². The zero-order valence-electron chi connectivity index (χ0n) is 17.1. The second-order valence-corrected chi connectivity index (χ2v) is 7.33. The summed E-state index contributed by atoms with van der Waals surface area (Å²) in [7, 11) is 0. The molecular weight excluding hydrogens is 358 g/mol. The van der Waals surface area contributed by atoms with Crippen LogP contribution in [0.3, 0.4) is 0 Å². The molecule has 0 saturated carbocycles. The lowest BCUT2D eigenvalue weighted by molar-refractivity contribution is -0.146. The van der Waals surface area contributed by atoms with Crippen molar-refractivity contribution in [1.82, 2.24) is 4.90 Å². The number of benzene rings is 1. The third-order valence-corrected chi connectivity index (χ3v) is 5.52. The van der Waals surface area contributed by atoms with Gasteiger partial charge in [0.25, 0.3) is 0 Å². The van der Waals surface area contributed by atoms with Crippen LogP contribution in [0.5, 0.6) is 5.75 Å². The second-order valence-electron chi connectivity index (χ2n) is 7.33. The fraction of sp³-hybridized carbons (Fsp3) is 0.455. The molecule has 28 heavy (non-hydrogen) atoms. The number of hydrogen-bond acceptors (Lipinski definition) is 4. The maximum Gasteiger partial charge on any atom is 0.326 e. The molecule has 3 rings (SSSR count). The zero-order chi connectivity index (χ0) is 20.6. The maximum absolute atomic E-state index is 12.8. The number of carboxylic acids is 1. The molecule has 0 radical (unpaired) electrons. The molecule has 1 unspecified atom stereocenters. The highest BCUT2D eigenvalue weighted by Crippen LogP contribution is 2.39. The first-order chi connectivity index (χ1) is 13.3. The van der Waals surface area contributed by atoms with Crippen molar-refractivity contribution in [3.63, 3.8) is 0 Å². The van der Waals surface area contributed by atoms with Crippen molar-refractivity contribution >= 4 is 28.4 Å². The van der Waals surface area contributed by atoms with Crippen molar-refractivity contribution in [2.75, 3.05) is 13.2 Å². The first-order valence-corrected chi connectivity index (χ1v) is 9.64. The summed E-state index contributed by atoms with van der Waals surface area (Å²) >= 11 is 0. The first-order valence-electron chi connectivity index (χ1n) is 9.64. The van der Waals surface area contributed by atoms with E-state index in [4.69, 9.17) is 9.15 Å². The van der Waals surface area contributed by atoms with E-state index in [0.29, 0.717) is 31.7 Å². The van der Waals surface area contributed by atoms with Crippen molar-refractivity contribution in [2.24, 2.45) is 0 Å². The minimum absolute atomic E-state index is 0.275. The predicted octanol–water partition coefficient (Wildman–Crippen LogP) is 4.24. The Morgan fingerprint density at radius 1 is 1.32 bits per heavy atom. The smallest absolute Gasteiger partial charge is 0.326 e. The number of allylic oxidation sites excluding steroid dienone is 1. The number of rotatable bonds is 5. The van der Waals surface area contributed by atoms with Gasteiger partial charge in [-0.05, 0) is 64.7 Å². The number of ether oxygens (including phenoxy) is 1. The Labute approximate surface area is 164 Å². The van der Waals surface area contributed by atoms with Crippen LogP contribution in [0.1, 0.15) is 49.1 Å². The maximum atomic E-state index is 12.8. The molecule has 6 heteroatoms. The largest absolute Gasteiger partial charge is 0.493 e. The van der Waals surface area contributed by atoms with Crippen LogP contribution in [-0.4, -0.2) is 41.1 Å². The lowest BCUT2D eigenvalue weighted by Gasteiger charge is -2.20. The number of fused-ring (bicyclic) bond motifs is 1. The van der Waals surface area contributed by atoms with E-state index >= 15 is 0 Å². The van der Waals surface area contributed by atoms with Crippen molar-refractivity contribution in [3.05, 3.63) is 34.6 Å². The lowest BCUT2D eigenvalue weighted by atomic mass is 9.98. The minimum atomic E-state index is -0.950. The third kappa shape index (κ3) is 3.39. The van der Waals surface area contributed by atoms with Crippen molar-refractivity contribution in [2.45, 2.75) is 53.5 Å². The van der Waals surface area contributed by atoms with E-state index < -0.39 is 12.0 Å². The second kappa shape index (κ2) is 7.70. The quantitative estimate of drug-likeness (QED) is 0.779. The normalized spacial score (nSPS) is 17.4. The molecule has 1 saturated heterocycles. The van der Waals surface area contributed by atoms with Crippen molar-refractivity contribution in [1.29, 1.82) is 0 Å². The highest BCUT2D eigenvalue weighted by Gasteiger charge is 2.33. The van der Waals surface area contributed by atoms with Gasteiger partial charge in [0.1, 0.15) is 23.1 Å².